The molecule has 0 atom stereocenters. The van der Waals surface area contributed by atoms with Crippen LogP contribution in [0.1, 0.15) is 0 Å². The second-order valence-electron chi connectivity index (χ2n) is 2.29. The van der Waals surface area contributed by atoms with Crippen LogP contribution in [0.3, 0.4) is 0 Å². The Balaban J connectivity index is 2.94. The molecule has 4 nitrogen and oxygen atoms in total. The Bertz CT molecular complexity index is 393. The van der Waals surface area contributed by atoms with Gasteiger partial charge in [0, 0.05) is 0 Å². The summed E-state index contributed by atoms with van der Waals surface area (Å²) < 4.78 is 0.700. The van der Waals surface area contributed by atoms with E-state index in [1.165, 1.54) is 6.33 Å². The van der Waals surface area contributed by atoms with Gasteiger partial charge >= 0.3 is 0 Å². The molecule has 1 heterocycles. The van der Waals surface area contributed by atoms with Crippen LogP contribution in [0.15, 0.2) is 24.5 Å². The highest BCUT2D eigenvalue weighted by molar-refractivity contribution is 5.87. The number of aromatic nitrogens is 2. The topological polar surface area (TPSA) is 66.9 Å². The van der Waals surface area contributed by atoms with Crippen LogP contribution in [0.2, 0.25) is 0 Å². The lowest BCUT2D eigenvalue weighted by molar-refractivity contribution is 1.11. The zero-order valence-electron chi connectivity index (χ0n) is 5.69. The lowest BCUT2D eigenvalue weighted by Crippen LogP contribution is -1.86. The van der Waals surface area contributed by atoms with Crippen molar-refractivity contribution in [2.24, 2.45) is 0 Å². The van der Waals surface area contributed by atoms with Gasteiger partial charge in [0.25, 0.3) is 0 Å². The van der Waals surface area contributed by atoms with Crippen LogP contribution >= 0.6 is 0 Å². The summed E-state index contributed by atoms with van der Waals surface area (Å²) >= 11 is 0. The number of para-hydroxylation sites is 1. The number of fused-ring (bicyclic) bond motifs is 1. The van der Waals surface area contributed by atoms with Crippen LogP contribution in [-0.2, 0) is 0 Å². The molecule has 0 unspecified atom stereocenters. The molecule has 0 fully saturated rings. The summed E-state index contributed by atoms with van der Waals surface area (Å²) in [5, 5.41) is 10.9. The van der Waals surface area contributed by atoms with E-state index in [1.54, 1.807) is 18.2 Å². The molecule has 0 aliphatic heterocycles. The molecule has 0 amide bonds. The average Bonchev–Trinajstić information content (AvgIpc) is 2.35. The van der Waals surface area contributed by atoms with Gasteiger partial charge in [0.15, 0.2) is 0 Å². The molecule has 0 bridgehead atoms. The van der Waals surface area contributed by atoms with E-state index in [4.69, 9.17) is 5.73 Å². The predicted molar refractivity (Wildman–Crippen MR) is 42.9 cm³/mol. The molecule has 2 N–H and O–H groups in total. The number of benzene rings is 1. The van der Waals surface area contributed by atoms with Gasteiger partial charge in [-0.15, -0.1) is 0 Å². The number of nitrogens with zero attached hydrogens (tertiary/aromatic N) is 2. The van der Waals surface area contributed by atoms with Gasteiger partial charge in [-0.1, -0.05) is 6.07 Å². The van der Waals surface area contributed by atoms with Crippen LogP contribution < -0.4 is 5.73 Å². The summed E-state index contributed by atoms with van der Waals surface area (Å²) in [6.45, 7) is 0. The Kier molecular flexibility index (Phi) is 1.03. The number of hydrogen-bond acceptors (Lipinski definition) is 3. The standard InChI is InChI=1S/C7H6N3O/c8-5-2-1-3-6-7(5)9-4-10(6)11/h1-4H,8H2/q-1. The van der Waals surface area contributed by atoms with Gasteiger partial charge in [-0.3, -0.25) is 0 Å². The lowest BCUT2D eigenvalue weighted by Gasteiger charge is -2.04. The molecule has 0 saturated heterocycles. The number of nitrogens with two attached hydrogens (primary N) is 1. The maximum absolute atomic E-state index is 10.9. The van der Waals surface area contributed by atoms with Crippen molar-refractivity contribution in [1.82, 2.24) is 9.71 Å². The zero-order valence-corrected chi connectivity index (χ0v) is 5.69. The van der Waals surface area contributed by atoms with E-state index in [9.17, 15) is 5.21 Å². The van der Waals surface area contributed by atoms with Crippen molar-refractivity contribution in [3.63, 3.8) is 0 Å². The van der Waals surface area contributed by atoms with Gasteiger partial charge in [-0.2, -0.15) is 0 Å². The van der Waals surface area contributed by atoms with Crippen LogP contribution in [-0.4, -0.2) is 9.71 Å². The average molecular weight is 148 g/mol. The molecule has 0 aliphatic carbocycles. The summed E-state index contributed by atoms with van der Waals surface area (Å²) in [4.78, 5) is 3.84. The fraction of sp³-hybridized carbons (Fsp3) is 0. The summed E-state index contributed by atoms with van der Waals surface area (Å²) in [5.41, 5.74) is 7.18. The van der Waals surface area contributed by atoms with Crippen molar-refractivity contribution < 1.29 is 0 Å². The van der Waals surface area contributed by atoms with Gasteiger partial charge < -0.3 is 15.7 Å². The first-order valence-corrected chi connectivity index (χ1v) is 3.18. The number of hydrogen-bond donors (Lipinski definition) is 1. The van der Waals surface area contributed by atoms with E-state index in [2.05, 4.69) is 4.98 Å². The molecule has 11 heavy (non-hydrogen) atoms. The van der Waals surface area contributed by atoms with Crippen molar-refractivity contribution in [3.05, 3.63) is 29.7 Å². The third-order valence-electron chi connectivity index (χ3n) is 1.58. The highest BCUT2D eigenvalue weighted by atomic mass is 16.5. The van der Waals surface area contributed by atoms with Crippen LogP contribution in [0.5, 0.6) is 0 Å². The van der Waals surface area contributed by atoms with Gasteiger partial charge in [0.1, 0.15) is 5.52 Å². The van der Waals surface area contributed by atoms with Crippen molar-refractivity contribution >= 4 is 16.7 Å². The summed E-state index contributed by atoms with van der Waals surface area (Å²) in [7, 11) is 0. The highest BCUT2D eigenvalue weighted by Crippen LogP contribution is 2.17. The van der Waals surface area contributed by atoms with E-state index in [1.807, 2.05) is 0 Å². The first-order valence-electron chi connectivity index (χ1n) is 3.18. The Labute approximate surface area is 62.8 Å². The predicted octanol–water partition coefficient (Wildman–Crippen LogP) is 0.964. The molecule has 0 aliphatic rings. The smallest absolute Gasteiger partial charge is 0.111 e. The minimum absolute atomic E-state index is 0.519. The van der Waals surface area contributed by atoms with Gasteiger partial charge in [-0.05, 0) is 12.1 Å². The third-order valence-corrected chi connectivity index (χ3v) is 1.58. The van der Waals surface area contributed by atoms with E-state index < -0.39 is 0 Å². The van der Waals surface area contributed by atoms with Crippen molar-refractivity contribution in [2.45, 2.75) is 0 Å². The molecule has 2 aromatic rings. The lowest BCUT2D eigenvalue weighted by atomic mass is 10.3. The number of anilines is 1. The third kappa shape index (κ3) is 0.724. The molecule has 1 aromatic heterocycles. The van der Waals surface area contributed by atoms with Crippen LogP contribution in [0.25, 0.3) is 11.0 Å². The first kappa shape index (κ1) is 6.03. The quantitative estimate of drug-likeness (QED) is 0.566. The Morgan fingerprint density at radius 1 is 1.45 bits per heavy atom. The number of imidazole rings is 1. The van der Waals surface area contributed by atoms with Crippen molar-refractivity contribution in [2.75, 3.05) is 5.73 Å². The Morgan fingerprint density at radius 2 is 2.27 bits per heavy atom. The summed E-state index contributed by atoms with van der Waals surface area (Å²) in [6, 6.07) is 5.13. The molecule has 0 spiro atoms. The Morgan fingerprint density at radius 3 is 3.00 bits per heavy atom. The fourth-order valence-corrected chi connectivity index (χ4v) is 1.04. The molecule has 4 heteroatoms. The van der Waals surface area contributed by atoms with Crippen molar-refractivity contribution in [3.8, 4) is 0 Å². The SMILES string of the molecule is Nc1cccc2c1ncn2[O-]. The first-order chi connectivity index (χ1) is 5.29. The second kappa shape index (κ2) is 1.88. The monoisotopic (exact) mass is 148 g/mol. The minimum atomic E-state index is 0.519. The van der Waals surface area contributed by atoms with E-state index >= 15 is 0 Å². The highest BCUT2D eigenvalue weighted by Gasteiger charge is 1.98. The largest absolute Gasteiger partial charge is 0.805 e. The van der Waals surface area contributed by atoms with Crippen molar-refractivity contribution in [1.29, 1.82) is 0 Å². The molecular formula is C7H6N3O-. The maximum atomic E-state index is 10.9. The molecule has 2 rings (SSSR count). The van der Waals surface area contributed by atoms with E-state index in [0.29, 0.717) is 21.5 Å². The zero-order chi connectivity index (χ0) is 7.84. The van der Waals surface area contributed by atoms with E-state index in [0.717, 1.165) is 0 Å². The van der Waals surface area contributed by atoms with E-state index in [-0.39, 0.29) is 0 Å². The van der Waals surface area contributed by atoms with Crippen LogP contribution in [0, 0.1) is 5.21 Å². The van der Waals surface area contributed by atoms with Gasteiger partial charge in [0.05, 0.1) is 17.5 Å². The Hall–Kier alpha value is -1.71. The van der Waals surface area contributed by atoms with Crippen LogP contribution in [0.4, 0.5) is 5.69 Å². The number of rotatable bonds is 0. The molecule has 0 saturated carbocycles. The van der Waals surface area contributed by atoms with Gasteiger partial charge in [-0.25, -0.2) is 4.98 Å². The van der Waals surface area contributed by atoms with Gasteiger partial charge in [0.2, 0.25) is 0 Å². The second-order valence-corrected chi connectivity index (χ2v) is 2.29. The fourth-order valence-electron chi connectivity index (χ4n) is 1.04. The minimum Gasteiger partial charge on any atom is -0.805 e. The molecule has 1 aromatic carbocycles. The summed E-state index contributed by atoms with van der Waals surface area (Å²) in [6.07, 6.45) is 1.21. The molecular weight excluding hydrogens is 142 g/mol. The molecule has 56 valence electrons. The maximum Gasteiger partial charge on any atom is 0.111 e. The molecule has 0 radical (unpaired) electrons. The summed E-state index contributed by atoms with van der Waals surface area (Å²) in [5.74, 6) is 0. The number of nitrogen functional groups attached to an aromatic ring is 1. The normalized spacial score (nSPS) is 10.5.